The van der Waals surface area contributed by atoms with E-state index in [1.807, 2.05) is 0 Å². The highest BCUT2D eigenvalue weighted by Gasteiger charge is 2.10. The van der Waals surface area contributed by atoms with Crippen molar-refractivity contribution in [2.24, 2.45) is 0 Å². The second-order valence-electron chi connectivity index (χ2n) is 5.25. The van der Waals surface area contributed by atoms with Crippen molar-refractivity contribution in [3.8, 4) is 17.6 Å². The number of methoxy groups -OCH3 is 2. The molecule has 0 saturated heterocycles. The molecule has 0 spiro atoms. The summed E-state index contributed by atoms with van der Waals surface area (Å²) in [6.45, 7) is -0.256. The number of nitrogens with zero attached hydrogens (tertiary/aromatic N) is 2. The lowest BCUT2D eigenvalue weighted by Crippen LogP contribution is -2.12. The SMILES string of the molecule is COC(=O)COc1ccc(/C=C(/C#N)c2ccc([N+](=O)[O-])cc2)cc1OC. The number of nitriles is 1. The fraction of sp³-hybridized carbons (Fsp3) is 0.158. The number of allylic oxidation sites excluding steroid dienone is 1. The number of hydrogen-bond acceptors (Lipinski definition) is 7. The van der Waals surface area contributed by atoms with Gasteiger partial charge in [0.1, 0.15) is 0 Å². The second-order valence-corrected chi connectivity index (χ2v) is 5.25. The second kappa shape index (κ2) is 9.01. The summed E-state index contributed by atoms with van der Waals surface area (Å²) < 4.78 is 15.1. The Balaban J connectivity index is 2.28. The highest BCUT2D eigenvalue weighted by atomic mass is 16.6. The molecule has 8 heteroatoms. The van der Waals surface area contributed by atoms with E-state index in [0.29, 0.717) is 28.2 Å². The lowest BCUT2D eigenvalue weighted by Gasteiger charge is -2.10. The van der Waals surface area contributed by atoms with Gasteiger partial charge < -0.3 is 14.2 Å². The molecule has 0 aromatic heterocycles. The number of nitro benzene ring substituents is 1. The summed E-state index contributed by atoms with van der Waals surface area (Å²) in [5.74, 6) is 0.216. The number of nitro groups is 1. The Kier molecular flexibility index (Phi) is 6.49. The van der Waals surface area contributed by atoms with Crippen molar-refractivity contribution in [2.75, 3.05) is 20.8 Å². The van der Waals surface area contributed by atoms with E-state index in [1.54, 1.807) is 24.3 Å². The zero-order valence-corrected chi connectivity index (χ0v) is 14.7. The summed E-state index contributed by atoms with van der Waals surface area (Å²) >= 11 is 0. The highest BCUT2D eigenvalue weighted by molar-refractivity contribution is 5.90. The first-order valence-electron chi connectivity index (χ1n) is 7.72. The largest absolute Gasteiger partial charge is 0.493 e. The molecule has 0 unspecified atom stereocenters. The van der Waals surface area contributed by atoms with Crippen LogP contribution >= 0.6 is 0 Å². The first kappa shape index (κ1) is 19.5. The molecular weight excluding hydrogens is 352 g/mol. The van der Waals surface area contributed by atoms with Gasteiger partial charge in [0.05, 0.1) is 30.8 Å². The third-order valence-electron chi connectivity index (χ3n) is 3.58. The molecule has 138 valence electrons. The average molecular weight is 368 g/mol. The van der Waals surface area contributed by atoms with E-state index in [1.165, 1.54) is 38.5 Å². The first-order valence-corrected chi connectivity index (χ1v) is 7.72. The van der Waals surface area contributed by atoms with Gasteiger partial charge in [0.15, 0.2) is 18.1 Å². The van der Waals surface area contributed by atoms with Crippen LogP contribution in [0.25, 0.3) is 11.6 Å². The number of carbonyl (C=O) groups excluding carboxylic acids is 1. The van der Waals surface area contributed by atoms with Crippen molar-refractivity contribution in [1.29, 1.82) is 5.26 Å². The Morgan fingerprint density at radius 2 is 1.89 bits per heavy atom. The molecule has 2 rings (SSSR count). The van der Waals surface area contributed by atoms with E-state index in [-0.39, 0.29) is 12.3 Å². The van der Waals surface area contributed by atoms with Crippen molar-refractivity contribution in [3.05, 3.63) is 63.7 Å². The van der Waals surface area contributed by atoms with Gasteiger partial charge >= 0.3 is 5.97 Å². The summed E-state index contributed by atoms with van der Waals surface area (Å²) in [6, 6.07) is 12.7. The van der Waals surface area contributed by atoms with Crippen LogP contribution in [0.1, 0.15) is 11.1 Å². The van der Waals surface area contributed by atoms with Crippen LogP contribution in [0.5, 0.6) is 11.5 Å². The standard InChI is InChI=1S/C19H16N2O6/c1-25-18-10-13(3-8-17(18)27-12-19(22)26-2)9-15(11-20)14-4-6-16(7-5-14)21(23)24/h3-10H,12H2,1-2H3/b15-9-. The van der Waals surface area contributed by atoms with Gasteiger partial charge in [-0.3, -0.25) is 10.1 Å². The highest BCUT2D eigenvalue weighted by Crippen LogP contribution is 2.30. The van der Waals surface area contributed by atoms with Crippen molar-refractivity contribution in [1.82, 2.24) is 0 Å². The number of ether oxygens (including phenoxy) is 3. The van der Waals surface area contributed by atoms with Crippen LogP contribution in [-0.2, 0) is 9.53 Å². The molecule has 8 nitrogen and oxygen atoms in total. The Labute approximate surface area is 155 Å². The van der Waals surface area contributed by atoms with Crippen LogP contribution < -0.4 is 9.47 Å². The van der Waals surface area contributed by atoms with Crippen molar-refractivity contribution >= 4 is 23.3 Å². The summed E-state index contributed by atoms with van der Waals surface area (Å²) in [7, 11) is 2.72. The van der Waals surface area contributed by atoms with Gasteiger partial charge in [0.25, 0.3) is 5.69 Å². The fourth-order valence-corrected chi connectivity index (χ4v) is 2.20. The Morgan fingerprint density at radius 1 is 1.19 bits per heavy atom. The topological polar surface area (TPSA) is 112 Å². The van der Waals surface area contributed by atoms with Crippen LogP contribution in [0.15, 0.2) is 42.5 Å². The Morgan fingerprint density at radius 3 is 2.44 bits per heavy atom. The van der Waals surface area contributed by atoms with Crippen LogP contribution in [-0.4, -0.2) is 31.7 Å². The molecule has 2 aromatic carbocycles. The Hall–Kier alpha value is -3.86. The molecule has 0 aliphatic rings. The zero-order chi connectivity index (χ0) is 19.8. The summed E-state index contributed by atoms with van der Waals surface area (Å²) in [4.78, 5) is 21.4. The molecule has 0 fully saturated rings. The molecule has 0 heterocycles. The van der Waals surface area contributed by atoms with Crippen LogP contribution in [0, 0.1) is 21.4 Å². The number of esters is 1. The molecule has 0 radical (unpaired) electrons. The molecule has 0 aliphatic heterocycles. The maximum absolute atomic E-state index is 11.2. The molecule has 0 saturated carbocycles. The minimum atomic E-state index is -0.522. The van der Waals surface area contributed by atoms with E-state index in [9.17, 15) is 20.2 Å². The maximum Gasteiger partial charge on any atom is 0.343 e. The van der Waals surface area contributed by atoms with Crippen LogP contribution in [0.4, 0.5) is 5.69 Å². The lowest BCUT2D eigenvalue weighted by molar-refractivity contribution is -0.384. The van der Waals surface area contributed by atoms with Gasteiger partial charge in [-0.1, -0.05) is 6.07 Å². The third kappa shape index (κ3) is 5.06. The smallest absolute Gasteiger partial charge is 0.343 e. The molecule has 0 atom stereocenters. The quantitative estimate of drug-likeness (QED) is 0.242. The molecular formula is C19H16N2O6. The van der Waals surface area contributed by atoms with E-state index in [0.717, 1.165) is 0 Å². The van der Waals surface area contributed by atoms with Crippen molar-refractivity contribution in [2.45, 2.75) is 0 Å². The average Bonchev–Trinajstić information content (AvgIpc) is 2.70. The third-order valence-corrected chi connectivity index (χ3v) is 3.58. The molecule has 0 aliphatic carbocycles. The number of benzene rings is 2. The molecule has 0 amide bonds. The van der Waals surface area contributed by atoms with Gasteiger partial charge in [-0.2, -0.15) is 5.26 Å². The molecule has 2 aromatic rings. The minimum absolute atomic E-state index is 0.0511. The zero-order valence-electron chi connectivity index (χ0n) is 14.7. The molecule has 27 heavy (non-hydrogen) atoms. The minimum Gasteiger partial charge on any atom is -0.493 e. The number of hydrogen-bond donors (Lipinski definition) is 0. The van der Waals surface area contributed by atoms with Crippen molar-refractivity contribution in [3.63, 3.8) is 0 Å². The number of carbonyl (C=O) groups is 1. The van der Waals surface area contributed by atoms with Crippen LogP contribution in [0.2, 0.25) is 0 Å². The van der Waals surface area contributed by atoms with Gasteiger partial charge in [0, 0.05) is 12.1 Å². The van der Waals surface area contributed by atoms with E-state index in [4.69, 9.17) is 9.47 Å². The summed E-state index contributed by atoms with van der Waals surface area (Å²) in [6.07, 6.45) is 1.62. The molecule has 0 N–H and O–H groups in total. The van der Waals surface area contributed by atoms with Gasteiger partial charge in [-0.25, -0.2) is 4.79 Å². The predicted molar refractivity (Wildman–Crippen MR) is 97.1 cm³/mol. The van der Waals surface area contributed by atoms with Crippen LogP contribution in [0.3, 0.4) is 0 Å². The fourth-order valence-electron chi connectivity index (χ4n) is 2.20. The van der Waals surface area contributed by atoms with Gasteiger partial charge in [-0.05, 0) is 41.5 Å². The normalized spacial score (nSPS) is 10.6. The van der Waals surface area contributed by atoms with Gasteiger partial charge in [0.2, 0.25) is 0 Å². The van der Waals surface area contributed by atoms with Gasteiger partial charge in [-0.15, -0.1) is 0 Å². The van der Waals surface area contributed by atoms with E-state index >= 15 is 0 Å². The predicted octanol–water partition coefficient (Wildman–Crippen LogP) is 3.22. The summed E-state index contributed by atoms with van der Waals surface area (Å²) in [5.41, 5.74) is 1.49. The number of rotatable bonds is 7. The summed E-state index contributed by atoms with van der Waals surface area (Å²) in [5, 5.41) is 20.1. The number of non-ortho nitro benzene ring substituents is 1. The molecule has 0 bridgehead atoms. The monoisotopic (exact) mass is 368 g/mol. The van der Waals surface area contributed by atoms with Crippen molar-refractivity contribution < 1.29 is 23.9 Å². The maximum atomic E-state index is 11.2. The van der Waals surface area contributed by atoms with E-state index < -0.39 is 10.9 Å². The first-order chi connectivity index (χ1) is 13.0. The van der Waals surface area contributed by atoms with E-state index in [2.05, 4.69) is 10.8 Å². The lowest BCUT2D eigenvalue weighted by atomic mass is 10.0. The Bertz CT molecular complexity index is 913.